The van der Waals surface area contributed by atoms with Crippen LogP contribution in [-0.2, 0) is 12.8 Å². The van der Waals surface area contributed by atoms with Gasteiger partial charge in [0, 0.05) is 24.4 Å². The maximum absolute atomic E-state index is 5.19. The number of rotatable bonds is 6. The van der Waals surface area contributed by atoms with E-state index in [1.165, 1.54) is 11.1 Å². The van der Waals surface area contributed by atoms with Crippen molar-refractivity contribution >= 4 is 0 Å². The topological polar surface area (TPSA) is 34.1 Å². The van der Waals surface area contributed by atoms with Crippen molar-refractivity contribution in [3.8, 4) is 5.75 Å². The monoisotopic (exact) mass is 270 g/mol. The lowest BCUT2D eigenvalue weighted by Gasteiger charge is -2.16. The summed E-state index contributed by atoms with van der Waals surface area (Å²) in [6.07, 6.45) is 3.88. The average molecular weight is 270 g/mol. The lowest BCUT2D eigenvalue weighted by Crippen LogP contribution is -2.19. The third kappa shape index (κ3) is 3.58. The van der Waals surface area contributed by atoms with Crippen molar-refractivity contribution in [3.05, 3.63) is 59.4 Å². The van der Waals surface area contributed by atoms with E-state index < -0.39 is 0 Å². The summed E-state index contributed by atoms with van der Waals surface area (Å²) in [6.45, 7) is 2.14. The molecule has 0 saturated heterocycles. The molecule has 106 valence electrons. The molecule has 0 saturated carbocycles. The standard InChI is InChI=1S/C17H22N2O/c1-4-13-5-8-15(19-12-13)11-17(18-2)14-6-9-16(20-3)10-7-14/h5-10,12,17-18H,4,11H2,1-3H3. The van der Waals surface area contributed by atoms with E-state index in [9.17, 15) is 0 Å². The molecule has 1 aromatic carbocycles. The first kappa shape index (κ1) is 14.5. The van der Waals surface area contributed by atoms with Crippen LogP contribution in [0.3, 0.4) is 0 Å². The van der Waals surface area contributed by atoms with Crippen LogP contribution in [0.5, 0.6) is 5.75 Å². The van der Waals surface area contributed by atoms with Crippen molar-refractivity contribution in [2.75, 3.05) is 14.2 Å². The summed E-state index contributed by atoms with van der Waals surface area (Å²) < 4.78 is 5.19. The van der Waals surface area contributed by atoms with Crippen LogP contribution in [0.1, 0.15) is 29.8 Å². The second-order valence-electron chi connectivity index (χ2n) is 4.83. The molecule has 1 N–H and O–H groups in total. The van der Waals surface area contributed by atoms with E-state index in [1.54, 1.807) is 7.11 Å². The normalized spacial score (nSPS) is 12.2. The third-order valence-electron chi connectivity index (χ3n) is 3.57. The van der Waals surface area contributed by atoms with Crippen LogP contribution in [-0.4, -0.2) is 19.1 Å². The predicted octanol–water partition coefficient (Wildman–Crippen LogP) is 3.16. The van der Waals surface area contributed by atoms with Gasteiger partial charge in [-0.05, 0) is 42.8 Å². The summed E-state index contributed by atoms with van der Waals surface area (Å²) in [5, 5.41) is 3.35. The molecule has 20 heavy (non-hydrogen) atoms. The van der Waals surface area contributed by atoms with Gasteiger partial charge >= 0.3 is 0 Å². The van der Waals surface area contributed by atoms with Crippen LogP contribution in [0.2, 0.25) is 0 Å². The predicted molar refractivity (Wildman–Crippen MR) is 82.1 cm³/mol. The summed E-state index contributed by atoms with van der Waals surface area (Å²) in [5.74, 6) is 0.883. The van der Waals surface area contributed by atoms with Gasteiger partial charge in [-0.2, -0.15) is 0 Å². The highest BCUT2D eigenvalue weighted by Gasteiger charge is 2.11. The molecule has 0 radical (unpaired) electrons. The largest absolute Gasteiger partial charge is 0.497 e. The Morgan fingerprint density at radius 2 is 1.90 bits per heavy atom. The smallest absolute Gasteiger partial charge is 0.118 e. The number of hydrogen-bond acceptors (Lipinski definition) is 3. The lowest BCUT2D eigenvalue weighted by molar-refractivity contribution is 0.414. The highest BCUT2D eigenvalue weighted by atomic mass is 16.5. The van der Waals surface area contributed by atoms with Gasteiger partial charge in [0.25, 0.3) is 0 Å². The van der Waals surface area contributed by atoms with E-state index in [0.29, 0.717) is 0 Å². The second-order valence-corrected chi connectivity index (χ2v) is 4.83. The summed E-state index contributed by atoms with van der Waals surface area (Å²) in [7, 11) is 3.67. The highest BCUT2D eigenvalue weighted by molar-refractivity contribution is 5.30. The quantitative estimate of drug-likeness (QED) is 0.875. The molecule has 0 spiro atoms. The summed E-state index contributed by atoms with van der Waals surface area (Å²) in [6, 6.07) is 12.7. The number of methoxy groups -OCH3 is 1. The first-order chi connectivity index (χ1) is 9.76. The van der Waals surface area contributed by atoms with Crippen molar-refractivity contribution in [2.24, 2.45) is 0 Å². The Morgan fingerprint density at radius 3 is 2.40 bits per heavy atom. The van der Waals surface area contributed by atoms with E-state index >= 15 is 0 Å². The van der Waals surface area contributed by atoms with Gasteiger partial charge in [0.15, 0.2) is 0 Å². The van der Waals surface area contributed by atoms with E-state index in [-0.39, 0.29) is 6.04 Å². The maximum Gasteiger partial charge on any atom is 0.118 e. The fourth-order valence-electron chi connectivity index (χ4n) is 2.22. The van der Waals surface area contributed by atoms with Gasteiger partial charge in [-0.3, -0.25) is 4.98 Å². The first-order valence-electron chi connectivity index (χ1n) is 7.01. The Balaban J connectivity index is 2.10. The Kier molecular flexibility index (Phi) is 5.13. The highest BCUT2D eigenvalue weighted by Crippen LogP contribution is 2.20. The molecule has 0 fully saturated rings. The molecule has 3 heteroatoms. The molecule has 1 unspecified atom stereocenters. The van der Waals surface area contributed by atoms with Gasteiger partial charge in [-0.25, -0.2) is 0 Å². The number of pyridine rings is 1. The van der Waals surface area contributed by atoms with Crippen molar-refractivity contribution in [2.45, 2.75) is 25.8 Å². The first-order valence-corrected chi connectivity index (χ1v) is 7.01. The van der Waals surface area contributed by atoms with Gasteiger partial charge in [-0.1, -0.05) is 25.1 Å². The van der Waals surface area contributed by atoms with Crippen LogP contribution < -0.4 is 10.1 Å². The zero-order valence-electron chi connectivity index (χ0n) is 12.4. The number of likely N-dealkylation sites (N-methyl/N-ethyl adjacent to an activating group) is 1. The third-order valence-corrected chi connectivity index (χ3v) is 3.57. The number of nitrogens with one attached hydrogen (secondary N) is 1. The van der Waals surface area contributed by atoms with Gasteiger partial charge < -0.3 is 10.1 Å². The Morgan fingerprint density at radius 1 is 1.15 bits per heavy atom. The molecule has 0 aliphatic rings. The molecular weight excluding hydrogens is 248 g/mol. The molecule has 2 rings (SSSR count). The lowest BCUT2D eigenvalue weighted by atomic mass is 10.0. The van der Waals surface area contributed by atoms with E-state index in [1.807, 2.05) is 25.4 Å². The van der Waals surface area contributed by atoms with Crippen molar-refractivity contribution < 1.29 is 4.74 Å². The molecule has 0 bridgehead atoms. The Hall–Kier alpha value is -1.87. The van der Waals surface area contributed by atoms with Crippen molar-refractivity contribution in [3.63, 3.8) is 0 Å². The van der Waals surface area contributed by atoms with Crippen LogP contribution in [0.25, 0.3) is 0 Å². The molecule has 1 aromatic heterocycles. The van der Waals surface area contributed by atoms with Gasteiger partial charge in [0.1, 0.15) is 5.75 Å². The SMILES string of the molecule is CCc1ccc(CC(NC)c2ccc(OC)cc2)nc1. The van der Waals surface area contributed by atoms with Gasteiger partial charge in [-0.15, -0.1) is 0 Å². The molecule has 1 heterocycles. The van der Waals surface area contributed by atoms with Crippen LogP contribution in [0.15, 0.2) is 42.6 Å². The number of aromatic nitrogens is 1. The van der Waals surface area contributed by atoms with Gasteiger partial charge in [0.2, 0.25) is 0 Å². The zero-order valence-corrected chi connectivity index (χ0v) is 12.4. The molecule has 0 aliphatic carbocycles. The number of hydrogen-bond donors (Lipinski definition) is 1. The number of benzene rings is 1. The molecule has 3 nitrogen and oxygen atoms in total. The average Bonchev–Trinajstić information content (AvgIpc) is 2.53. The maximum atomic E-state index is 5.19. The second kappa shape index (κ2) is 7.06. The minimum Gasteiger partial charge on any atom is -0.497 e. The van der Waals surface area contributed by atoms with Crippen LogP contribution in [0, 0.1) is 0 Å². The number of ether oxygens (including phenoxy) is 1. The summed E-state index contributed by atoms with van der Waals surface area (Å²) in [5.41, 5.74) is 3.63. The molecular formula is C17H22N2O. The van der Waals surface area contributed by atoms with Crippen molar-refractivity contribution in [1.29, 1.82) is 0 Å². The van der Waals surface area contributed by atoms with Crippen LogP contribution >= 0.6 is 0 Å². The van der Waals surface area contributed by atoms with Crippen molar-refractivity contribution in [1.82, 2.24) is 10.3 Å². The molecule has 2 aromatic rings. The van der Waals surface area contributed by atoms with Gasteiger partial charge in [0.05, 0.1) is 7.11 Å². The Bertz CT molecular complexity index is 520. The van der Waals surface area contributed by atoms with E-state index in [4.69, 9.17) is 4.74 Å². The zero-order chi connectivity index (χ0) is 14.4. The number of nitrogens with zero attached hydrogens (tertiary/aromatic N) is 1. The molecule has 1 atom stereocenters. The van der Waals surface area contributed by atoms with Crippen LogP contribution in [0.4, 0.5) is 0 Å². The van der Waals surface area contributed by atoms with E-state index in [2.05, 4.69) is 41.5 Å². The Labute approximate surface area is 121 Å². The molecule has 0 amide bonds. The van der Waals surface area contributed by atoms with E-state index in [0.717, 1.165) is 24.3 Å². The minimum absolute atomic E-state index is 0.265. The molecule has 0 aliphatic heterocycles. The minimum atomic E-state index is 0.265. The fourth-order valence-corrected chi connectivity index (χ4v) is 2.22. The summed E-state index contributed by atoms with van der Waals surface area (Å²) in [4.78, 5) is 4.53. The fraction of sp³-hybridized carbons (Fsp3) is 0.353. The summed E-state index contributed by atoms with van der Waals surface area (Å²) >= 11 is 0. The number of aryl methyl sites for hydroxylation is 1.